The quantitative estimate of drug-likeness (QED) is 0.503. The average Bonchev–Trinajstić information content (AvgIpc) is 3.25. The molecule has 0 heterocycles. The lowest BCUT2D eigenvalue weighted by Gasteiger charge is -2.16. The van der Waals surface area contributed by atoms with Crippen molar-refractivity contribution in [2.45, 2.75) is 33.1 Å². The molecule has 1 aliphatic carbocycles. The second kappa shape index (κ2) is 7.67. The second-order valence-corrected chi connectivity index (χ2v) is 7.84. The highest BCUT2D eigenvalue weighted by atomic mass is 79.9. The van der Waals surface area contributed by atoms with E-state index in [1.54, 1.807) is 0 Å². The summed E-state index contributed by atoms with van der Waals surface area (Å²) in [7, 11) is 0. The van der Waals surface area contributed by atoms with Crippen LogP contribution in [0.5, 0.6) is 0 Å². The Hall–Kier alpha value is -1.06. The minimum atomic E-state index is -0.329. The summed E-state index contributed by atoms with van der Waals surface area (Å²) < 4.78 is 0.938. The van der Waals surface area contributed by atoms with Crippen LogP contribution in [0.3, 0.4) is 0 Å². The molecule has 1 aromatic carbocycles. The van der Waals surface area contributed by atoms with Crippen molar-refractivity contribution in [2.24, 2.45) is 23.5 Å². The zero-order valence-electron chi connectivity index (χ0n) is 13.7. The molecule has 0 bridgehead atoms. The van der Waals surface area contributed by atoms with Crippen molar-refractivity contribution in [3.8, 4) is 0 Å². The van der Waals surface area contributed by atoms with Gasteiger partial charge >= 0.3 is 0 Å². The summed E-state index contributed by atoms with van der Waals surface area (Å²) in [6, 6.07) is 6.10. The lowest BCUT2D eigenvalue weighted by Crippen LogP contribution is -2.21. The maximum atomic E-state index is 11.6. The van der Waals surface area contributed by atoms with Gasteiger partial charge in [0.15, 0.2) is 0 Å². The molecule has 2 rings (SSSR count). The molecular formula is C19H23BrClNO. The number of allylic oxidation sites excluding steroid dienone is 3. The topological polar surface area (TPSA) is 43.1 Å². The summed E-state index contributed by atoms with van der Waals surface area (Å²) in [5.74, 6) is 1.28. The van der Waals surface area contributed by atoms with E-state index in [0.717, 1.165) is 15.9 Å². The number of benzene rings is 1. The van der Waals surface area contributed by atoms with Gasteiger partial charge in [-0.1, -0.05) is 56.7 Å². The normalized spacial score (nSPS) is 22.6. The van der Waals surface area contributed by atoms with Crippen LogP contribution in [0.1, 0.15) is 38.7 Å². The smallest absolute Gasteiger partial charge is 0.244 e. The Labute approximate surface area is 151 Å². The van der Waals surface area contributed by atoms with Gasteiger partial charge in [-0.15, -0.1) is 0 Å². The standard InChI is InChI=1S/C19H23BrClNO/c1-11(2)12(3)15(19(22)23)6-4-5-13-9-16(13)14-7-8-18(21)17(20)10-14/h4-8,10-13,16H,9H2,1-3H3,(H2,22,23)/b5-4+,15-6+/t12?,13-,16-/m1/s1. The fourth-order valence-electron chi connectivity index (χ4n) is 2.67. The number of carbonyl (C=O) groups is 1. The summed E-state index contributed by atoms with van der Waals surface area (Å²) in [6.45, 7) is 6.24. The van der Waals surface area contributed by atoms with Crippen LogP contribution in [0.25, 0.3) is 0 Å². The number of rotatable bonds is 6. The molecule has 0 radical (unpaired) electrons. The first-order valence-corrected chi connectivity index (χ1v) is 9.11. The molecule has 0 aliphatic heterocycles. The van der Waals surface area contributed by atoms with E-state index in [4.69, 9.17) is 17.3 Å². The first-order valence-electron chi connectivity index (χ1n) is 7.94. The van der Waals surface area contributed by atoms with Crippen molar-refractivity contribution in [2.75, 3.05) is 0 Å². The summed E-state index contributed by atoms with van der Waals surface area (Å²) in [6.07, 6.45) is 7.15. The number of halogens is 2. The zero-order valence-corrected chi connectivity index (χ0v) is 16.1. The molecule has 1 fully saturated rings. The van der Waals surface area contributed by atoms with Gasteiger partial charge in [-0.3, -0.25) is 4.79 Å². The van der Waals surface area contributed by atoms with Crippen molar-refractivity contribution in [1.29, 1.82) is 0 Å². The van der Waals surface area contributed by atoms with Crippen molar-refractivity contribution in [3.63, 3.8) is 0 Å². The van der Waals surface area contributed by atoms with Crippen LogP contribution in [0, 0.1) is 17.8 Å². The molecule has 1 unspecified atom stereocenters. The lowest BCUT2D eigenvalue weighted by atomic mass is 9.89. The van der Waals surface area contributed by atoms with E-state index in [2.05, 4.69) is 48.0 Å². The molecule has 23 heavy (non-hydrogen) atoms. The van der Waals surface area contributed by atoms with Crippen molar-refractivity contribution < 1.29 is 4.79 Å². The first kappa shape index (κ1) is 18.3. The average molecular weight is 397 g/mol. The van der Waals surface area contributed by atoms with Gasteiger partial charge in [0.05, 0.1) is 5.02 Å². The Bertz CT molecular complexity index is 651. The maximum absolute atomic E-state index is 11.6. The monoisotopic (exact) mass is 395 g/mol. The third kappa shape index (κ3) is 4.71. The van der Waals surface area contributed by atoms with E-state index in [9.17, 15) is 4.79 Å². The fourth-order valence-corrected chi connectivity index (χ4v) is 3.19. The molecule has 2 N–H and O–H groups in total. The van der Waals surface area contributed by atoms with Crippen LogP contribution in [-0.4, -0.2) is 5.91 Å². The molecule has 0 saturated heterocycles. The Morgan fingerprint density at radius 1 is 1.39 bits per heavy atom. The Kier molecular flexibility index (Phi) is 6.10. The molecule has 4 heteroatoms. The second-order valence-electron chi connectivity index (χ2n) is 6.58. The molecule has 0 aromatic heterocycles. The molecule has 1 amide bonds. The maximum Gasteiger partial charge on any atom is 0.244 e. The van der Waals surface area contributed by atoms with E-state index in [1.807, 2.05) is 25.1 Å². The molecule has 1 aromatic rings. The summed E-state index contributed by atoms with van der Waals surface area (Å²) >= 11 is 9.50. The number of carbonyl (C=O) groups excluding carboxylic acids is 1. The SMILES string of the molecule is CC(C)C(C)/C(=C\C=C\[C@@H]1C[C@H]1c1ccc(Cl)c(Br)c1)C(N)=O. The summed E-state index contributed by atoms with van der Waals surface area (Å²) in [5.41, 5.74) is 7.49. The number of hydrogen-bond donors (Lipinski definition) is 1. The van der Waals surface area contributed by atoms with E-state index < -0.39 is 0 Å². The fraction of sp³-hybridized carbons (Fsp3) is 0.421. The lowest BCUT2D eigenvalue weighted by molar-refractivity contribution is -0.115. The van der Waals surface area contributed by atoms with Gasteiger partial charge in [-0.25, -0.2) is 0 Å². The van der Waals surface area contributed by atoms with Gasteiger partial charge in [-0.2, -0.15) is 0 Å². The zero-order chi connectivity index (χ0) is 17.1. The Morgan fingerprint density at radius 3 is 2.65 bits per heavy atom. The highest BCUT2D eigenvalue weighted by Gasteiger charge is 2.36. The van der Waals surface area contributed by atoms with E-state index in [1.165, 1.54) is 5.56 Å². The first-order chi connectivity index (χ1) is 10.8. The van der Waals surface area contributed by atoms with Crippen LogP contribution in [0.4, 0.5) is 0 Å². The molecule has 1 aliphatic rings. The minimum Gasteiger partial charge on any atom is -0.366 e. The van der Waals surface area contributed by atoms with E-state index in [-0.39, 0.29) is 11.8 Å². The third-order valence-electron chi connectivity index (χ3n) is 4.62. The predicted molar refractivity (Wildman–Crippen MR) is 100 cm³/mol. The molecule has 3 atom stereocenters. The largest absolute Gasteiger partial charge is 0.366 e. The van der Waals surface area contributed by atoms with Gasteiger partial charge in [0.2, 0.25) is 5.91 Å². The van der Waals surface area contributed by atoms with Gasteiger partial charge in [0.25, 0.3) is 0 Å². The Balaban J connectivity index is 2.02. The van der Waals surface area contributed by atoms with Gasteiger partial charge in [-0.05, 0) is 63.7 Å². The third-order valence-corrected chi connectivity index (χ3v) is 5.83. The predicted octanol–water partition coefficient (Wildman–Crippen LogP) is 5.47. The van der Waals surface area contributed by atoms with Crippen LogP contribution in [-0.2, 0) is 4.79 Å². The number of amides is 1. The molecule has 1 saturated carbocycles. The van der Waals surface area contributed by atoms with Crippen LogP contribution >= 0.6 is 27.5 Å². The molecular weight excluding hydrogens is 374 g/mol. The Morgan fingerprint density at radius 2 is 2.09 bits per heavy atom. The number of hydrogen-bond acceptors (Lipinski definition) is 1. The summed E-state index contributed by atoms with van der Waals surface area (Å²) in [5, 5.41) is 0.734. The van der Waals surface area contributed by atoms with Crippen LogP contribution in [0.15, 0.2) is 46.5 Å². The van der Waals surface area contributed by atoms with Crippen LogP contribution < -0.4 is 5.73 Å². The van der Waals surface area contributed by atoms with Gasteiger partial charge < -0.3 is 5.73 Å². The minimum absolute atomic E-state index is 0.166. The molecule has 2 nitrogen and oxygen atoms in total. The number of nitrogens with two attached hydrogens (primary N) is 1. The van der Waals surface area contributed by atoms with E-state index in [0.29, 0.717) is 23.3 Å². The van der Waals surface area contributed by atoms with Crippen LogP contribution in [0.2, 0.25) is 5.02 Å². The highest BCUT2D eigenvalue weighted by molar-refractivity contribution is 9.10. The van der Waals surface area contributed by atoms with Crippen molar-refractivity contribution in [1.82, 2.24) is 0 Å². The van der Waals surface area contributed by atoms with Gasteiger partial charge in [0.1, 0.15) is 0 Å². The van der Waals surface area contributed by atoms with E-state index >= 15 is 0 Å². The molecule has 0 spiro atoms. The number of primary amides is 1. The van der Waals surface area contributed by atoms with Gasteiger partial charge in [0, 0.05) is 10.0 Å². The molecule has 124 valence electrons. The highest BCUT2D eigenvalue weighted by Crippen LogP contribution is 2.49. The van der Waals surface area contributed by atoms with Crippen molar-refractivity contribution >= 4 is 33.4 Å². The van der Waals surface area contributed by atoms with Crippen molar-refractivity contribution in [3.05, 3.63) is 57.1 Å². The summed E-state index contributed by atoms with van der Waals surface area (Å²) in [4.78, 5) is 11.6.